The summed E-state index contributed by atoms with van der Waals surface area (Å²) < 4.78 is 5.75. The van der Waals surface area contributed by atoms with Crippen molar-refractivity contribution in [1.29, 1.82) is 0 Å². The number of fused-ring (bicyclic) bond motifs is 1. The Hall–Kier alpha value is -1.55. The van der Waals surface area contributed by atoms with Gasteiger partial charge in [0.15, 0.2) is 0 Å². The van der Waals surface area contributed by atoms with E-state index < -0.39 is 0 Å². The number of carbonyl (C=O) groups is 1. The molecule has 4 nitrogen and oxygen atoms in total. The number of ether oxygens (including phenoxy) is 1. The Morgan fingerprint density at radius 3 is 2.79 bits per heavy atom. The van der Waals surface area contributed by atoms with Gasteiger partial charge in [-0.05, 0) is 31.9 Å². The van der Waals surface area contributed by atoms with Crippen LogP contribution in [0.4, 0.5) is 5.69 Å². The molecule has 1 heterocycles. The van der Waals surface area contributed by atoms with Crippen molar-refractivity contribution in [3.05, 3.63) is 29.3 Å². The number of carbonyl (C=O) groups excluding carboxylic acids is 1. The SMILES string of the molecule is CCCOC1Nc2ccc(C)cc2C(=O)N1CCC. The minimum atomic E-state index is -0.345. The first kappa shape index (κ1) is 13.9. The molecule has 1 unspecified atom stereocenters. The Kier molecular flexibility index (Phi) is 4.43. The number of benzene rings is 1. The van der Waals surface area contributed by atoms with Crippen LogP contribution in [0.15, 0.2) is 18.2 Å². The number of anilines is 1. The highest BCUT2D eigenvalue weighted by Gasteiger charge is 2.31. The van der Waals surface area contributed by atoms with Gasteiger partial charge in [0, 0.05) is 6.54 Å². The van der Waals surface area contributed by atoms with Gasteiger partial charge in [-0.2, -0.15) is 0 Å². The lowest BCUT2D eigenvalue weighted by Crippen LogP contribution is -2.50. The number of aryl methyl sites for hydroxylation is 1. The lowest BCUT2D eigenvalue weighted by Gasteiger charge is -2.37. The smallest absolute Gasteiger partial charge is 0.259 e. The first-order chi connectivity index (χ1) is 9.17. The highest BCUT2D eigenvalue weighted by molar-refractivity contribution is 6.01. The fraction of sp³-hybridized carbons (Fsp3) is 0.533. The molecule has 1 amide bonds. The number of hydrogen-bond acceptors (Lipinski definition) is 3. The first-order valence-electron chi connectivity index (χ1n) is 6.97. The molecule has 1 N–H and O–H groups in total. The second-order valence-corrected chi connectivity index (χ2v) is 4.92. The predicted octanol–water partition coefficient (Wildman–Crippen LogP) is 2.98. The Bertz CT molecular complexity index is 459. The molecule has 2 rings (SSSR count). The zero-order valence-corrected chi connectivity index (χ0v) is 11.9. The van der Waals surface area contributed by atoms with E-state index in [1.54, 1.807) is 4.90 Å². The molecule has 0 radical (unpaired) electrons. The monoisotopic (exact) mass is 262 g/mol. The second kappa shape index (κ2) is 6.06. The molecule has 0 spiro atoms. The van der Waals surface area contributed by atoms with Gasteiger partial charge in [0.1, 0.15) is 0 Å². The summed E-state index contributed by atoms with van der Waals surface area (Å²) in [6.45, 7) is 7.47. The van der Waals surface area contributed by atoms with Crippen molar-refractivity contribution in [3.63, 3.8) is 0 Å². The summed E-state index contributed by atoms with van der Waals surface area (Å²) in [5.74, 6) is 0.0559. The Balaban J connectivity index is 2.28. The van der Waals surface area contributed by atoms with Gasteiger partial charge in [-0.15, -0.1) is 0 Å². The minimum absolute atomic E-state index is 0.0559. The molecule has 1 aromatic rings. The van der Waals surface area contributed by atoms with Crippen LogP contribution in [0.1, 0.15) is 42.6 Å². The molecule has 0 aliphatic carbocycles. The Morgan fingerprint density at radius 2 is 2.11 bits per heavy atom. The first-order valence-corrected chi connectivity index (χ1v) is 6.97. The van der Waals surface area contributed by atoms with E-state index in [1.165, 1.54) is 0 Å². The second-order valence-electron chi connectivity index (χ2n) is 4.92. The van der Waals surface area contributed by atoms with E-state index in [0.29, 0.717) is 13.2 Å². The average Bonchev–Trinajstić information content (AvgIpc) is 2.41. The van der Waals surface area contributed by atoms with Crippen molar-refractivity contribution in [2.24, 2.45) is 0 Å². The van der Waals surface area contributed by atoms with E-state index in [1.807, 2.05) is 25.1 Å². The van der Waals surface area contributed by atoms with E-state index in [0.717, 1.165) is 29.7 Å². The summed E-state index contributed by atoms with van der Waals surface area (Å²) in [6, 6.07) is 5.89. The fourth-order valence-electron chi connectivity index (χ4n) is 2.25. The zero-order valence-electron chi connectivity index (χ0n) is 11.9. The summed E-state index contributed by atoms with van der Waals surface area (Å²) in [5.41, 5.74) is 2.70. The zero-order chi connectivity index (χ0) is 13.8. The van der Waals surface area contributed by atoms with Crippen molar-refractivity contribution >= 4 is 11.6 Å². The van der Waals surface area contributed by atoms with E-state index in [-0.39, 0.29) is 12.3 Å². The van der Waals surface area contributed by atoms with Crippen LogP contribution in [0.25, 0.3) is 0 Å². The van der Waals surface area contributed by atoms with Crippen molar-refractivity contribution in [3.8, 4) is 0 Å². The van der Waals surface area contributed by atoms with Crippen LogP contribution in [0.3, 0.4) is 0 Å². The van der Waals surface area contributed by atoms with Gasteiger partial charge >= 0.3 is 0 Å². The Morgan fingerprint density at radius 1 is 1.32 bits per heavy atom. The lowest BCUT2D eigenvalue weighted by molar-refractivity contribution is -0.0315. The largest absolute Gasteiger partial charge is 0.342 e. The summed E-state index contributed by atoms with van der Waals surface area (Å²) >= 11 is 0. The van der Waals surface area contributed by atoms with Crippen LogP contribution >= 0.6 is 0 Å². The molecule has 1 atom stereocenters. The van der Waals surface area contributed by atoms with Gasteiger partial charge in [0.25, 0.3) is 5.91 Å². The molecule has 1 aliphatic rings. The molecule has 4 heteroatoms. The molecule has 0 saturated carbocycles. The van der Waals surface area contributed by atoms with Crippen LogP contribution in [0.2, 0.25) is 0 Å². The van der Waals surface area contributed by atoms with E-state index in [9.17, 15) is 4.79 Å². The lowest BCUT2D eigenvalue weighted by atomic mass is 10.1. The van der Waals surface area contributed by atoms with E-state index in [4.69, 9.17) is 4.74 Å². The number of hydrogen-bond donors (Lipinski definition) is 1. The van der Waals surface area contributed by atoms with Crippen LogP contribution in [0, 0.1) is 6.92 Å². The van der Waals surface area contributed by atoms with Gasteiger partial charge in [0.2, 0.25) is 6.35 Å². The van der Waals surface area contributed by atoms with Crippen molar-refractivity contribution in [1.82, 2.24) is 4.90 Å². The summed E-state index contributed by atoms with van der Waals surface area (Å²) in [6.07, 6.45) is 1.51. The maximum Gasteiger partial charge on any atom is 0.259 e. The van der Waals surface area contributed by atoms with Crippen molar-refractivity contribution < 1.29 is 9.53 Å². The molecule has 0 aromatic heterocycles. The Labute approximate surface area is 114 Å². The summed E-state index contributed by atoms with van der Waals surface area (Å²) in [7, 11) is 0. The van der Waals surface area contributed by atoms with Crippen LogP contribution in [0.5, 0.6) is 0 Å². The molecule has 0 bridgehead atoms. The highest BCUT2D eigenvalue weighted by Crippen LogP contribution is 2.26. The standard InChI is InChI=1S/C15H22N2O2/c1-4-8-17-14(18)12-10-11(3)6-7-13(12)16-15(17)19-9-5-2/h6-7,10,15-16H,4-5,8-9H2,1-3H3. The average molecular weight is 262 g/mol. The molecular formula is C15H22N2O2. The van der Waals surface area contributed by atoms with Crippen LogP contribution in [-0.4, -0.2) is 30.3 Å². The fourth-order valence-corrected chi connectivity index (χ4v) is 2.25. The number of amides is 1. The van der Waals surface area contributed by atoms with Crippen molar-refractivity contribution in [2.45, 2.75) is 40.0 Å². The summed E-state index contributed by atoms with van der Waals surface area (Å²) in [4.78, 5) is 14.3. The third-order valence-corrected chi connectivity index (χ3v) is 3.17. The van der Waals surface area contributed by atoms with Gasteiger partial charge in [-0.3, -0.25) is 9.69 Å². The number of nitrogens with one attached hydrogen (secondary N) is 1. The van der Waals surface area contributed by atoms with Crippen LogP contribution in [-0.2, 0) is 4.74 Å². The van der Waals surface area contributed by atoms with E-state index >= 15 is 0 Å². The predicted molar refractivity (Wildman–Crippen MR) is 76.2 cm³/mol. The van der Waals surface area contributed by atoms with Crippen molar-refractivity contribution in [2.75, 3.05) is 18.5 Å². The maximum absolute atomic E-state index is 12.5. The summed E-state index contributed by atoms with van der Waals surface area (Å²) in [5, 5.41) is 3.31. The molecule has 1 aliphatic heterocycles. The maximum atomic E-state index is 12.5. The van der Waals surface area contributed by atoms with Crippen LogP contribution < -0.4 is 5.32 Å². The topological polar surface area (TPSA) is 41.6 Å². The third-order valence-electron chi connectivity index (χ3n) is 3.17. The third kappa shape index (κ3) is 2.89. The molecular weight excluding hydrogens is 240 g/mol. The molecule has 104 valence electrons. The number of nitrogens with zero attached hydrogens (tertiary/aromatic N) is 1. The van der Waals surface area contributed by atoms with E-state index in [2.05, 4.69) is 19.2 Å². The van der Waals surface area contributed by atoms with Gasteiger partial charge in [0.05, 0.1) is 17.9 Å². The molecule has 19 heavy (non-hydrogen) atoms. The quantitative estimate of drug-likeness (QED) is 0.887. The van der Waals surface area contributed by atoms with Gasteiger partial charge < -0.3 is 10.1 Å². The molecule has 0 saturated heterocycles. The van der Waals surface area contributed by atoms with Gasteiger partial charge in [-0.1, -0.05) is 25.5 Å². The molecule has 0 fully saturated rings. The van der Waals surface area contributed by atoms with Gasteiger partial charge in [-0.25, -0.2) is 0 Å². The number of rotatable bonds is 5. The normalized spacial score (nSPS) is 18.2. The highest BCUT2D eigenvalue weighted by atomic mass is 16.5. The molecule has 1 aromatic carbocycles. The minimum Gasteiger partial charge on any atom is -0.342 e.